The minimum absolute atomic E-state index is 0.359. The van der Waals surface area contributed by atoms with Gasteiger partial charge in [-0.3, -0.25) is 0 Å². The maximum Gasteiger partial charge on any atom is 0.433 e. The van der Waals surface area contributed by atoms with Crippen LogP contribution in [0.4, 0.5) is 22.0 Å². The van der Waals surface area contributed by atoms with Crippen LogP contribution in [0.15, 0.2) is 6.07 Å². The summed E-state index contributed by atoms with van der Waals surface area (Å²) in [6.45, 7) is -0.467. The third-order valence-corrected chi connectivity index (χ3v) is 2.11. The highest BCUT2D eigenvalue weighted by atomic mass is 35.5. The average molecular weight is 261 g/mol. The summed E-state index contributed by atoms with van der Waals surface area (Å²) in [6, 6.07) is 0.480. The first-order valence-corrected chi connectivity index (χ1v) is 4.40. The van der Waals surface area contributed by atoms with E-state index in [1.54, 1.807) is 0 Å². The fraction of sp³-hybridized carbons (Fsp3) is 0.375. The molecule has 0 aliphatic rings. The molecule has 1 rings (SSSR count). The SMILES string of the molecule is NCc1cc(C(F)(F)F)nc(Cl)c1C(F)F. The van der Waals surface area contributed by atoms with Gasteiger partial charge in [0.15, 0.2) is 0 Å². The molecule has 0 atom stereocenters. The van der Waals surface area contributed by atoms with Crippen molar-refractivity contribution in [2.75, 3.05) is 0 Å². The van der Waals surface area contributed by atoms with Crippen molar-refractivity contribution < 1.29 is 22.0 Å². The Morgan fingerprint density at radius 1 is 1.38 bits per heavy atom. The first-order chi connectivity index (χ1) is 7.27. The molecule has 90 valence electrons. The van der Waals surface area contributed by atoms with E-state index in [2.05, 4.69) is 4.98 Å². The van der Waals surface area contributed by atoms with E-state index in [-0.39, 0.29) is 5.56 Å². The molecule has 0 radical (unpaired) electrons. The molecule has 0 unspecified atom stereocenters. The number of halogens is 6. The Morgan fingerprint density at radius 3 is 2.31 bits per heavy atom. The lowest BCUT2D eigenvalue weighted by atomic mass is 10.1. The van der Waals surface area contributed by atoms with Gasteiger partial charge in [-0.05, 0) is 11.6 Å². The molecule has 1 aromatic heterocycles. The minimum Gasteiger partial charge on any atom is -0.326 e. The van der Waals surface area contributed by atoms with E-state index < -0.39 is 35.6 Å². The van der Waals surface area contributed by atoms with E-state index in [1.807, 2.05) is 0 Å². The average Bonchev–Trinajstić information content (AvgIpc) is 2.14. The number of nitrogens with two attached hydrogens (primary N) is 1. The second-order valence-electron chi connectivity index (χ2n) is 2.87. The number of hydrogen-bond acceptors (Lipinski definition) is 2. The summed E-state index contributed by atoms with van der Waals surface area (Å²) < 4.78 is 61.7. The van der Waals surface area contributed by atoms with Gasteiger partial charge in [-0.25, -0.2) is 13.8 Å². The highest BCUT2D eigenvalue weighted by Gasteiger charge is 2.34. The molecule has 0 saturated carbocycles. The topological polar surface area (TPSA) is 38.9 Å². The molecule has 0 aliphatic heterocycles. The highest BCUT2D eigenvalue weighted by molar-refractivity contribution is 6.30. The lowest BCUT2D eigenvalue weighted by Crippen LogP contribution is -2.13. The Balaban J connectivity index is 3.38. The van der Waals surface area contributed by atoms with E-state index in [4.69, 9.17) is 17.3 Å². The van der Waals surface area contributed by atoms with Crippen molar-refractivity contribution in [1.82, 2.24) is 4.98 Å². The van der Waals surface area contributed by atoms with Crippen LogP contribution in [0.25, 0.3) is 0 Å². The van der Waals surface area contributed by atoms with Gasteiger partial charge in [0.2, 0.25) is 0 Å². The van der Waals surface area contributed by atoms with Gasteiger partial charge in [-0.1, -0.05) is 11.6 Å². The van der Waals surface area contributed by atoms with Crippen LogP contribution in [0, 0.1) is 0 Å². The highest BCUT2D eigenvalue weighted by Crippen LogP contribution is 2.34. The Labute approximate surface area is 92.2 Å². The number of rotatable bonds is 2. The smallest absolute Gasteiger partial charge is 0.326 e. The third-order valence-electron chi connectivity index (χ3n) is 1.83. The van der Waals surface area contributed by atoms with Crippen molar-refractivity contribution in [2.24, 2.45) is 5.73 Å². The quantitative estimate of drug-likeness (QED) is 0.655. The fourth-order valence-electron chi connectivity index (χ4n) is 1.12. The molecule has 0 aromatic carbocycles. The van der Waals surface area contributed by atoms with E-state index in [0.29, 0.717) is 6.07 Å². The van der Waals surface area contributed by atoms with Gasteiger partial charge in [0.1, 0.15) is 10.8 Å². The van der Waals surface area contributed by atoms with Gasteiger partial charge in [0.25, 0.3) is 6.43 Å². The predicted octanol–water partition coefficient (Wildman–Crippen LogP) is 3.15. The standard InChI is InChI=1S/C8H6ClF5N2/c9-6-5(7(10)11)3(2-15)1-4(16-6)8(12,13)14/h1,7H,2,15H2. The van der Waals surface area contributed by atoms with Crippen molar-refractivity contribution in [3.8, 4) is 0 Å². The molecule has 0 aliphatic carbocycles. The van der Waals surface area contributed by atoms with Gasteiger partial charge in [0, 0.05) is 6.54 Å². The van der Waals surface area contributed by atoms with Gasteiger partial charge in [0.05, 0.1) is 5.56 Å². The summed E-state index contributed by atoms with van der Waals surface area (Å²) >= 11 is 5.27. The van der Waals surface area contributed by atoms with Gasteiger partial charge >= 0.3 is 6.18 Å². The van der Waals surface area contributed by atoms with Crippen molar-refractivity contribution in [3.05, 3.63) is 28.0 Å². The molecule has 16 heavy (non-hydrogen) atoms. The van der Waals surface area contributed by atoms with Crippen LogP contribution < -0.4 is 5.73 Å². The fourth-order valence-corrected chi connectivity index (χ4v) is 1.41. The van der Waals surface area contributed by atoms with Gasteiger partial charge in [-0.2, -0.15) is 13.2 Å². The van der Waals surface area contributed by atoms with Crippen LogP contribution in [0.5, 0.6) is 0 Å². The summed E-state index contributed by atoms with van der Waals surface area (Å²) in [7, 11) is 0. The van der Waals surface area contributed by atoms with Crippen molar-refractivity contribution in [2.45, 2.75) is 19.1 Å². The summed E-state index contributed by atoms with van der Waals surface area (Å²) in [5.41, 5.74) is 2.64. The maximum atomic E-state index is 12.4. The van der Waals surface area contributed by atoms with E-state index >= 15 is 0 Å². The molecular weight excluding hydrogens is 255 g/mol. The number of nitrogens with zero attached hydrogens (tertiary/aromatic N) is 1. The molecule has 0 fully saturated rings. The zero-order chi connectivity index (χ0) is 12.5. The largest absolute Gasteiger partial charge is 0.433 e. The molecule has 0 bridgehead atoms. The number of hydrogen-bond donors (Lipinski definition) is 1. The molecule has 0 spiro atoms. The molecule has 0 amide bonds. The van der Waals surface area contributed by atoms with Gasteiger partial charge < -0.3 is 5.73 Å². The van der Waals surface area contributed by atoms with Crippen molar-refractivity contribution in [3.63, 3.8) is 0 Å². The van der Waals surface area contributed by atoms with E-state index in [1.165, 1.54) is 0 Å². The number of alkyl halides is 5. The lowest BCUT2D eigenvalue weighted by Gasteiger charge is -2.12. The first-order valence-electron chi connectivity index (χ1n) is 4.02. The molecular formula is C8H6ClF5N2. The van der Waals surface area contributed by atoms with Crippen molar-refractivity contribution >= 4 is 11.6 Å². The zero-order valence-electron chi connectivity index (χ0n) is 7.65. The second-order valence-corrected chi connectivity index (χ2v) is 3.23. The van der Waals surface area contributed by atoms with Crippen LogP contribution >= 0.6 is 11.6 Å². The molecule has 8 heteroatoms. The normalized spacial score (nSPS) is 12.2. The van der Waals surface area contributed by atoms with Crippen LogP contribution in [-0.4, -0.2) is 4.98 Å². The minimum atomic E-state index is -4.74. The molecule has 2 N–H and O–H groups in total. The van der Waals surface area contributed by atoms with Crippen LogP contribution in [-0.2, 0) is 12.7 Å². The third kappa shape index (κ3) is 2.59. The molecule has 0 saturated heterocycles. The second kappa shape index (κ2) is 4.50. The molecule has 1 aromatic rings. The van der Waals surface area contributed by atoms with Crippen LogP contribution in [0.3, 0.4) is 0 Å². The van der Waals surface area contributed by atoms with Crippen LogP contribution in [0.2, 0.25) is 5.15 Å². The summed E-state index contributed by atoms with van der Waals surface area (Å²) in [5, 5.41) is -0.870. The predicted molar refractivity (Wildman–Crippen MR) is 47.1 cm³/mol. The lowest BCUT2D eigenvalue weighted by molar-refractivity contribution is -0.141. The van der Waals surface area contributed by atoms with E-state index in [9.17, 15) is 22.0 Å². The summed E-state index contributed by atoms with van der Waals surface area (Å²) in [5.74, 6) is 0. The van der Waals surface area contributed by atoms with Crippen molar-refractivity contribution in [1.29, 1.82) is 0 Å². The number of pyridine rings is 1. The molecule has 1 heterocycles. The summed E-state index contributed by atoms with van der Waals surface area (Å²) in [4.78, 5) is 2.88. The summed E-state index contributed by atoms with van der Waals surface area (Å²) in [6.07, 6.45) is -7.75. The Morgan fingerprint density at radius 2 is 1.94 bits per heavy atom. The van der Waals surface area contributed by atoms with Crippen LogP contribution in [0.1, 0.15) is 23.2 Å². The van der Waals surface area contributed by atoms with Gasteiger partial charge in [-0.15, -0.1) is 0 Å². The Bertz CT molecular complexity index is 391. The Kier molecular flexibility index (Phi) is 3.69. The first kappa shape index (κ1) is 13.1. The zero-order valence-corrected chi connectivity index (χ0v) is 8.41. The maximum absolute atomic E-state index is 12.4. The molecule has 2 nitrogen and oxygen atoms in total. The Hall–Kier alpha value is -0.950. The monoisotopic (exact) mass is 260 g/mol. The van der Waals surface area contributed by atoms with E-state index in [0.717, 1.165) is 0 Å². The number of aromatic nitrogens is 1.